The molecular formula is C15H17BrN2O3. The van der Waals surface area contributed by atoms with Crippen molar-refractivity contribution in [2.24, 2.45) is 5.92 Å². The van der Waals surface area contributed by atoms with Crippen molar-refractivity contribution < 1.29 is 14.7 Å². The molecule has 5 nitrogen and oxygen atoms in total. The first-order chi connectivity index (χ1) is 9.92. The summed E-state index contributed by atoms with van der Waals surface area (Å²) in [5.41, 5.74) is 1.18. The first-order valence-corrected chi connectivity index (χ1v) is 7.53. The predicted molar refractivity (Wildman–Crippen MR) is 84.3 cm³/mol. The molecule has 0 saturated heterocycles. The van der Waals surface area contributed by atoms with Gasteiger partial charge < -0.3 is 15.4 Å². The van der Waals surface area contributed by atoms with Crippen LogP contribution in [0.4, 0.5) is 0 Å². The first kappa shape index (κ1) is 15.6. The Balaban J connectivity index is 2.23. The van der Waals surface area contributed by atoms with Crippen LogP contribution in [0.15, 0.2) is 28.7 Å². The molecule has 0 aliphatic rings. The van der Waals surface area contributed by atoms with Crippen molar-refractivity contribution in [2.45, 2.75) is 26.3 Å². The number of carboxylic acids is 1. The third-order valence-electron chi connectivity index (χ3n) is 3.59. The predicted octanol–water partition coefficient (Wildman–Crippen LogP) is 3.16. The summed E-state index contributed by atoms with van der Waals surface area (Å²) in [6.45, 7) is 3.70. The molecule has 6 heteroatoms. The number of halogens is 1. The number of benzene rings is 1. The van der Waals surface area contributed by atoms with Gasteiger partial charge in [-0.1, -0.05) is 42.3 Å². The number of H-pyrrole nitrogens is 1. The standard InChI is InChI=1S/C15H17BrN2O3/c1-3-8(2)13(15(20)21)18-14(19)12-6-9-4-5-10(16)7-11(9)17-12/h4-8,13,17H,3H2,1-2H3,(H,18,19)(H,20,21). The number of carbonyl (C=O) groups excluding carboxylic acids is 1. The lowest BCUT2D eigenvalue weighted by molar-refractivity contribution is -0.140. The van der Waals surface area contributed by atoms with Crippen molar-refractivity contribution in [3.8, 4) is 0 Å². The second-order valence-electron chi connectivity index (χ2n) is 5.09. The Morgan fingerprint density at radius 2 is 2.10 bits per heavy atom. The van der Waals surface area contributed by atoms with Crippen LogP contribution in [0.5, 0.6) is 0 Å². The minimum Gasteiger partial charge on any atom is -0.480 e. The third-order valence-corrected chi connectivity index (χ3v) is 4.09. The molecule has 0 aliphatic heterocycles. The van der Waals surface area contributed by atoms with E-state index >= 15 is 0 Å². The van der Waals surface area contributed by atoms with Gasteiger partial charge in [-0.2, -0.15) is 0 Å². The van der Waals surface area contributed by atoms with Crippen LogP contribution in [-0.2, 0) is 4.79 Å². The Bertz CT molecular complexity index is 681. The highest BCUT2D eigenvalue weighted by Gasteiger charge is 2.26. The zero-order valence-corrected chi connectivity index (χ0v) is 13.4. The molecule has 1 heterocycles. The molecular weight excluding hydrogens is 336 g/mol. The number of aromatic amines is 1. The van der Waals surface area contributed by atoms with Crippen LogP contribution in [0.3, 0.4) is 0 Å². The number of aromatic nitrogens is 1. The van der Waals surface area contributed by atoms with E-state index in [1.165, 1.54) is 0 Å². The van der Waals surface area contributed by atoms with Crippen molar-refractivity contribution in [1.82, 2.24) is 10.3 Å². The van der Waals surface area contributed by atoms with Crippen LogP contribution < -0.4 is 5.32 Å². The van der Waals surface area contributed by atoms with Gasteiger partial charge in [-0.3, -0.25) is 4.79 Å². The van der Waals surface area contributed by atoms with Gasteiger partial charge in [0.15, 0.2) is 0 Å². The van der Waals surface area contributed by atoms with Crippen LogP contribution in [-0.4, -0.2) is 28.0 Å². The van der Waals surface area contributed by atoms with Crippen molar-refractivity contribution in [3.63, 3.8) is 0 Å². The summed E-state index contributed by atoms with van der Waals surface area (Å²) >= 11 is 3.37. The number of carbonyl (C=O) groups is 2. The van der Waals surface area contributed by atoms with Gasteiger partial charge in [0, 0.05) is 15.4 Å². The average molecular weight is 353 g/mol. The van der Waals surface area contributed by atoms with E-state index in [9.17, 15) is 14.7 Å². The zero-order valence-electron chi connectivity index (χ0n) is 11.8. The van der Waals surface area contributed by atoms with E-state index in [-0.39, 0.29) is 5.92 Å². The molecule has 2 rings (SSSR count). The minimum atomic E-state index is -1.02. The lowest BCUT2D eigenvalue weighted by atomic mass is 9.99. The fraction of sp³-hybridized carbons (Fsp3) is 0.333. The van der Waals surface area contributed by atoms with Crippen LogP contribution in [0, 0.1) is 5.92 Å². The van der Waals surface area contributed by atoms with Gasteiger partial charge in [-0.25, -0.2) is 4.79 Å². The van der Waals surface area contributed by atoms with E-state index in [4.69, 9.17) is 0 Å². The Morgan fingerprint density at radius 3 is 2.71 bits per heavy atom. The summed E-state index contributed by atoms with van der Waals surface area (Å²) in [6.07, 6.45) is 0.677. The number of rotatable bonds is 5. The maximum Gasteiger partial charge on any atom is 0.326 e. The Hall–Kier alpha value is -1.82. The molecule has 2 aromatic rings. The summed E-state index contributed by atoms with van der Waals surface area (Å²) in [7, 11) is 0. The van der Waals surface area contributed by atoms with Crippen LogP contribution in [0.1, 0.15) is 30.8 Å². The molecule has 0 fully saturated rings. The molecule has 1 aromatic carbocycles. The first-order valence-electron chi connectivity index (χ1n) is 6.74. The summed E-state index contributed by atoms with van der Waals surface area (Å²) in [5, 5.41) is 12.7. The Morgan fingerprint density at radius 1 is 1.38 bits per heavy atom. The maximum absolute atomic E-state index is 12.2. The monoisotopic (exact) mass is 352 g/mol. The summed E-state index contributed by atoms with van der Waals surface area (Å²) < 4.78 is 0.909. The van der Waals surface area contributed by atoms with Gasteiger partial charge >= 0.3 is 5.97 Å². The second-order valence-corrected chi connectivity index (χ2v) is 6.01. The van der Waals surface area contributed by atoms with Gasteiger partial charge in [0.05, 0.1) is 0 Å². The lowest BCUT2D eigenvalue weighted by Crippen LogP contribution is -2.45. The van der Waals surface area contributed by atoms with Crippen molar-refractivity contribution in [3.05, 3.63) is 34.4 Å². The molecule has 0 saturated carbocycles. The summed E-state index contributed by atoms with van der Waals surface area (Å²) in [4.78, 5) is 26.5. The normalized spacial score (nSPS) is 13.9. The highest BCUT2D eigenvalue weighted by Crippen LogP contribution is 2.20. The third kappa shape index (κ3) is 3.44. The lowest BCUT2D eigenvalue weighted by Gasteiger charge is -2.19. The number of fused-ring (bicyclic) bond motifs is 1. The largest absolute Gasteiger partial charge is 0.480 e. The van der Waals surface area contributed by atoms with Crippen molar-refractivity contribution >= 4 is 38.7 Å². The van der Waals surface area contributed by atoms with Crippen LogP contribution in [0.25, 0.3) is 10.9 Å². The molecule has 0 bridgehead atoms. The average Bonchev–Trinajstić information content (AvgIpc) is 2.86. The summed E-state index contributed by atoms with van der Waals surface area (Å²) in [6, 6.07) is 6.47. The van der Waals surface area contributed by atoms with Crippen LogP contribution in [0.2, 0.25) is 0 Å². The molecule has 3 N–H and O–H groups in total. The maximum atomic E-state index is 12.2. The fourth-order valence-corrected chi connectivity index (χ4v) is 2.48. The van der Waals surface area contributed by atoms with Gasteiger partial charge in [0.25, 0.3) is 5.91 Å². The fourth-order valence-electron chi connectivity index (χ4n) is 2.12. The van der Waals surface area contributed by atoms with E-state index in [1.807, 2.05) is 25.1 Å². The molecule has 2 atom stereocenters. The number of hydrogen-bond acceptors (Lipinski definition) is 2. The molecule has 0 spiro atoms. The molecule has 112 valence electrons. The number of nitrogens with one attached hydrogen (secondary N) is 2. The number of amides is 1. The Labute approximate surface area is 130 Å². The minimum absolute atomic E-state index is 0.134. The SMILES string of the molecule is CCC(C)C(NC(=O)c1cc2ccc(Br)cc2[nH]1)C(=O)O. The van der Waals surface area contributed by atoms with E-state index < -0.39 is 17.9 Å². The topological polar surface area (TPSA) is 82.2 Å². The highest BCUT2D eigenvalue weighted by molar-refractivity contribution is 9.10. The van der Waals surface area contributed by atoms with Gasteiger partial charge in [-0.05, 0) is 24.1 Å². The smallest absolute Gasteiger partial charge is 0.326 e. The number of hydrogen-bond donors (Lipinski definition) is 3. The van der Waals surface area contributed by atoms with Crippen molar-refractivity contribution in [1.29, 1.82) is 0 Å². The Kier molecular flexibility index (Phi) is 4.67. The van der Waals surface area contributed by atoms with Gasteiger partial charge in [0.1, 0.15) is 11.7 Å². The molecule has 1 aromatic heterocycles. The number of aliphatic carboxylic acids is 1. The quantitative estimate of drug-likeness (QED) is 0.772. The van der Waals surface area contributed by atoms with Crippen LogP contribution >= 0.6 is 15.9 Å². The van der Waals surface area contributed by atoms with Gasteiger partial charge in [-0.15, -0.1) is 0 Å². The summed E-state index contributed by atoms with van der Waals surface area (Å²) in [5.74, 6) is -1.56. The van der Waals surface area contributed by atoms with E-state index in [0.717, 1.165) is 15.4 Å². The molecule has 2 unspecified atom stereocenters. The molecule has 0 radical (unpaired) electrons. The zero-order chi connectivity index (χ0) is 15.6. The van der Waals surface area contributed by atoms with E-state index in [2.05, 4.69) is 26.2 Å². The molecule has 21 heavy (non-hydrogen) atoms. The number of carboxylic acid groups (broad SMARTS) is 1. The highest BCUT2D eigenvalue weighted by atomic mass is 79.9. The van der Waals surface area contributed by atoms with E-state index in [0.29, 0.717) is 12.1 Å². The van der Waals surface area contributed by atoms with Gasteiger partial charge in [0.2, 0.25) is 0 Å². The molecule has 1 amide bonds. The van der Waals surface area contributed by atoms with Crippen molar-refractivity contribution in [2.75, 3.05) is 0 Å². The second kappa shape index (κ2) is 6.30. The molecule has 0 aliphatic carbocycles. The van der Waals surface area contributed by atoms with E-state index in [1.54, 1.807) is 13.0 Å².